The highest BCUT2D eigenvalue weighted by atomic mass is 32.1. The summed E-state index contributed by atoms with van der Waals surface area (Å²) >= 11 is 5.05. The first-order chi connectivity index (χ1) is 8.66. The molecule has 0 saturated heterocycles. The predicted octanol–water partition coefficient (Wildman–Crippen LogP) is 2.25. The summed E-state index contributed by atoms with van der Waals surface area (Å²) in [6, 6.07) is 1.91. The summed E-state index contributed by atoms with van der Waals surface area (Å²) in [6.45, 7) is 3.68. The molecule has 0 amide bonds. The summed E-state index contributed by atoms with van der Waals surface area (Å²) in [5.74, 6) is 0.786. The van der Waals surface area contributed by atoms with Gasteiger partial charge in [-0.25, -0.2) is 4.98 Å². The van der Waals surface area contributed by atoms with Gasteiger partial charge in [0, 0.05) is 26.5 Å². The fraction of sp³-hybridized carbons (Fsp3) is 0.538. The number of thiocarbonyl (C=S) groups is 1. The second kappa shape index (κ2) is 8.00. The lowest BCUT2D eigenvalue weighted by Gasteiger charge is -2.12. The average Bonchev–Trinajstić information content (AvgIpc) is 2.33. The quantitative estimate of drug-likeness (QED) is 0.559. The molecule has 5 heteroatoms. The number of hydrogen-bond acceptors (Lipinski definition) is 4. The van der Waals surface area contributed by atoms with Gasteiger partial charge in [0.05, 0.1) is 5.56 Å². The summed E-state index contributed by atoms with van der Waals surface area (Å²) < 4.78 is 5.01. The molecule has 0 aliphatic rings. The van der Waals surface area contributed by atoms with E-state index >= 15 is 0 Å². The molecular weight excluding hydrogens is 246 g/mol. The van der Waals surface area contributed by atoms with E-state index in [4.69, 9.17) is 22.7 Å². The summed E-state index contributed by atoms with van der Waals surface area (Å²) in [4.78, 5) is 4.68. The Morgan fingerprint density at radius 1 is 1.44 bits per heavy atom. The number of aromatic nitrogens is 1. The van der Waals surface area contributed by atoms with Gasteiger partial charge in [-0.2, -0.15) is 0 Å². The summed E-state index contributed by atoms with van der Waals surface area (Å²) in [7, 11) is 1.73. The standard InChI is InChI=1S/C13H21N3OS/c1-10-6-8-16-13(11(10)12(14)18)15-7-4-3-5-9-17-2/h6,8H,3-5,7,9H2,1-2H3,(H2,14,18)(H,15,16). The van der Waals surface area contributed by atoms with Crippen LogP contribution in [-0.2, 0) is 4.74 Å². The number of anilines is 1. The molecule has 0 radical (unpaired) electrons. The molecule has 0 saturated carbocycles. The van der Waals surface area contributed by atoms with E-state index in [0.717, 1.165) is 49.4 Å². The van der Waals surface area contributed by atoms with Crippen molar-refractivity contribution >= 4 is 23.0 Å². The van der Waals surface area contributed by atoms with Crippen LogP contribution in [0.2, 0.25) is 0 Å². The molecule has 0 bridgehead atoms. The highest BCUT2D eigenvalue weighted by Crippen LogP contribution is 2.16. The first-order valence-corrected chi connectivity index (χ1v) is 6.56. The van der Waals surface area contributed by atoms with E-state index in [1.807, 2.05) is 13.0 Å². The highest BCUT2D eigenvalue weighted by molar-refractivity contribution is 7.80. The third-order valence-corrected chi connectivity index (χ3v) is 2.93. The van der Waals surface area contributed by atoms with Crippen LogP contribution in [0.1, 0.15) is 30.4 Å². The summed E-state index contributed by atoms with van der Waals surface area (Å²) in [6.07, 6.45) is 5.07. The minimum Gasteiger partial charge on any atom is -0.389 e. The Morgan fingerprint density at radius 2 is 2.22 bits per heavy atom. The Labute approximate surface area is 114 Å². The Morgan fingerprint density at radius 3 is 2.89 bits per heavy atom. The van der Waals surface area contributed by atoms with Crippen molar-refractivity contribution in [2.24, 2.45) is 5.73 Å². The fourth-order valence-corrected chi connectivity index (χ4v) is 2.02. The second-order valence-corrected chi connectivity index (χ2v) is 4.64. The molecule has 0 atom stereocenters. The van der Waals surface area contributed by atoms with Crippen LogP contribution in [0.4, 0.5) is 5.82 Å². The maximum absolute atomic E-state index is 5.72. The minimum absolute atomic E-state index is 0.391. The average molecular weight is 267 g/mol. The van der Waals surface area contributed by atoms with E-state index in [1.54, 1.807) is 13.3 Å². The molecule has 0 aliphatic carbocycles. The van der Waals surface area contributed by atoms with Crippen molar-refractivity contribution in [3.05, 3.63) is 23.4 Å². The van der Waals surface area contributed by atoms with Crippen LogP contribution in [-0.4, -0.2) is 30.2 Å². The largest absolute Gasteiger partial charge is 0.389 e. The summed E-state index contributed by atoms with van der Waals surface area (Å²) in [5.41, 5.74) is 7.63. The molecule has 4 nitrogen and oxygen atoms in total. The molecule has 100 valence electrons. The van der Waals surface area contributed by atoms with Crippen LogP contribution >= 0.6 is 12.2 Å². The number of nitrogens with zero attached hydrogens (tertiary/aromatic N) is 1. The number of ether oxygens (including phenoxy) is 1. The molecule has 0 unspecified atom stereocenters. The van der Waals surface area contributed by atoms with Crippen molar-refractivity contribution in [3.63, 3.8) is 0 Å². The number of aryl methyl sites for hydroxylation is 1. The van der Waals surface area contributed by atoms with Crippen molar-refractivity contribution in [2.45, 2.75) is 26.2 Å². The molecule has 1 rings (SSSR count). The van der Waals surface area contributed by atoms with Gasteiger partial charge in [0.25, 0.3) is 0 Å². The highest BCUT2D eigenvalue weighted by Gasteiger charge is 2.08. The molecule has 1 aromatic rings. The molecule has 0 spiro atoms. The summed E-state index contributed by atoms with van der Waals surface area (Å²) in [5, 5.41) is 3.29. The van der Waals surface area contributed by atoms with E-state index in [-0.39, 0.29) is 0 Å². The first-order valence-electron chi connectivity index (χ1n) is 6.15. The van der Waals surface area contributed by atoms with Crippen LogP contribution in [0.3, 0.4) is 0 Å². The number of rotatable bonds is 8. The molecular formula is C13H21N3OS. The topological polar surface area (TPSA) is 60.2 Å². The molecule has 0 fully saturated rings. The zero-order valence-electron chi connectivity index (χ0n) is 11.0. The van der Waals surface area contributed by atoms with E-state index in [9.17, 15) is 0 Å². The lowest BCUT2D eigenvalue weighted by molar-refractivity contribution is 0.192. The predicted molar refractivity (Wildman–Crippen MR) is 79.1 cm³/mol. The van der Waals surface area contributed by atoms with Gasteiger partial charge in [-0.3, -0.25) is 0 Å². The van der Waals surface area contributed by atoms with Crippen LogP contribution in [0, 0.1) is 6.92 Å². The van der Waals surface area contributed by atoms with Crippen LogP contribution in [0.25, 0.3) is 0 Å². The molecule has 0 aromatic carbocycles. The molecule has 1 heterocycles. The van der Waals surface area contributed by atoms with Gasteiger partial charge in [-0.15, -0.1) is 0 Å². The lowest BCUT2D eigenvalue weighted by Crippen LogP contribution is -2.16. The lowest BCUT2D eigenvalue weighted by atomic mass is 10.1. The van der Waals surface area contributed by atoms with E-state index in [2.05, 4.69) is 10.3 Å². The van der Waals surface area contributed by atoms with Gasteiger partial charge in [-0.1, -0.05) is 12.2 Å². The van der Waals surface area contributed by atoms with Crippen molar-refractivity contribution in [3.8, 4) is 0 Å². The Balaban J connectivity index is 2.47. The molecule has 0 aliphatic heterocycles. The molecule has 1 aromatic heterocycles. The molecule has 3 N–H and O–H groups in total. The Hall–Kier alpha value is -1.20. The zero-order chi connectivity index (χ0) is 13.4. The Bertz CT molecular complexity index is 396. The number of nitrogens with two attached hydrogens (primary N) is 1. The third-order valence-electron chi connectivity index (χ3n) is 2.72. The van der Waals surface area contributed by atoms with Gasteiger partial charge >= 0.3 is 0 Å². The van der Waals surface area contributed by atoms with Crippen LogP contribution in [0.15, 0.2) is 12.3 Å². The number of methoxy groups -OCH3 is 1. The van der Waals surface area contributed by atoms with Crippen LogP contribution in [0.5, 0.6) is 0 Å². The monoisotopic (exact) mass is 267 g/mol. The van der Waals surface area contributed by atoms with Gasteiger partial charge in [0.1, 0.15) is 10.8 Å². The van der Waals surface area contributed by atoms with Gasteiger partial charge in [0.2, 0.25) is 0 Å². The van der Waals surface area contributed by atoms with Crippen molar-refractivity contribution < 1.29 is 4.74 Å². The molecule has 18 heavy (non-hydrogen) atoms. The SMILES string of the molecule is COCCCCCNc1nccc(C)c1C(N)=S. The third kappa shape index (κ3) is 4.58. The Kier molecular flexibility index (Phi) is 6.60. The fourth-order valence-electron chi connectivity index (χ4n) is 1.76. The van der Waals surface area contributed by atoms with Gasteiger partial charge < -0.3 is 15.8 Å². The normalized spacial score (nSPS) is 10.3. The number of nitrogens with one attached hydrogen (secondary N) is 1. The zero-order valence-corrected chi connectivity index (χ0v) is 11.8. The number of pyridine rings is 1. The van der Waals surface area contributed by atoms with Crippen molar-refractivity contribution in [1.29, 1.82) is 0 Å². The van der Waals surface area contributed by atoms with E-state index in [1.165, 1.54) is 0 Å². The smallest absolute Gasteiger partial charge is 0.136 e. The minimum atomic E-state index is 0.391. The van der Waals surface area contributed by atoms with Crippen LogP contribution < -0.4 is 11.1 Å². The maximum atomic E-state index is 5.72. The first kappa shape index (κ1) is 14.9. The van der Waals surface area contributed by atoms with Gasteiger partial charge in [0.15, 0.2) is 0 Å². The van der Waals surface area contributed by atoms with E-state index in [0.29, 0.717) is 4.99 Å². The van der Waals surface area contributed by atoms with Crippen molar-refractivity contribution in [2.75, 3.05) is 25.6 Å². The maximum Gasteiger partial charge on any atom is 0.136 e. The number of unbranched alkanes of at least 4 members (excludes halogenated alkanes) is 2. The van der Waals surface area contributed by atoms with E-state index < -0.39 is 0 Å². The number of hydrogen-bond donors (Lipinski definition) is 2. The van der Waals surface area contributed by atoms with Gasteiger partial charge in [-0.05, 0) is 37.8 Å². The van der Waals surface area contributed by atoms with Crippen molar-refractivity contribution in [1.82, 2.24) is 4.98 Å². The second-order valence-electron chi connectivity index (χ2n) is 4.20.